The van der Waals surface area contributed by atoms with Crippen molar-refractivity contribution in [2.24, 2.45) is 0 Å². The smallest absolute Gasteiger partial charge is 0.311 e. The van der Waals surface area contributed by atoms with Gasteiger partial charge in [0.25, 0.3) is 0 Å². The van der Waals surface area contributed by atoms with Gasteiger partial charge in [-0.15, -0.1) is 11.3 Å². The number of aromatic nitrogens is 2. The van der Waals surface area contributed by atoms with Crippen molar-refractivity contribution in [3.63, 3.8) is 0 Å². The van der Waals surface area contributed by atoms with E-state index in [0.717, 1.165) is 27.3 Å². The van der Waals surface area contributed by atoms with Gasteiger partial charge in [-0.05, 0) is 29.8 Å². The Kier molecular flexibility index (Phi) is 14.2. The molecule has 0 unspecified atom stereocenters. The summed E-state index contributed by atoms with van der Waals surface area (Å²) in [4.78, 5) is 30.7. The number of thioether (sulfide) groups is 1. The number of ether oxygens (including phenoxy) is 2. The number of aliphatic hydroxyl groups excluding tert-OH is 1. The lowest BCUT2D eigenvalue weighted by atomic mass is 9.97. The molecule has 2 heterocycles. The molecule has 250 valence electrons. The summed E-state index contributed by atoms with van der Waals surface area (Å²) in [7, 11) is 6.16. The number of halogens is 1. The van der Waals surface area contributed by atoms with Crippen LogP contribution in [0, 0.1) is 22.7 Å². The lowest BCUT2D eigenvalue weighted by molar-refractivity contribution is -0.870. The molecule has 0 radical (unpaired) electrons. The van der Waals surface area contributed by atoms with E-state index in [0.29, 0.717) is 32.7 Å². The van der Waals surface area contributed by atoms with Crippen molar-refractivity contribution in [1.29, 1.82) is 10.5 Å². The summed E-state index contributed by atoms with van der Waals surface area (Å²) in [6.07, 6.45) is -0.833. The molecule has 0 saturated heterocycles. The SMILES string of the molecule is C[N+](C)(C)CCO.N#Cc1c(N)nc(SCc2csc(-c3ccc(Cl)cc3)n2)c(C#N)c1-c1ccc(OCCOC(=O)CC(=O)[O-])cc1. The maximum Gasteiger partial charge on any atom is 0.311 e. The van der Waals surface area contributed by atoms with Crippen LogP contribution in [-0.4, -0.2) is 79.0 Å². The highest BCUT2D eigenvalue weighted by molar-refractivity contribution is 7.98. The van der Waals surface area contributed by atoms with Gasteiger partial charge in [0.15, 0.2) is 0 Å². The highest BCUT2D eigenvalue weighted by Gasteiger charge is 2.21. The van der Waals surface area contributed by atoms with Gasteiger partial charge in [0.1, 0.15) is 59.1 Å². The van der Waals surface area contributed by atoms with Gasteiger partial charge < -0.3 is 34.7 Å². The summed E-state index contributed by atoms with van der Waals surface area (Å²) >= 11 is 8.76. The minimum Gasteiger partial charge on any atom is -0.550 e. The van der Waals surface area contributed by atoms with Crippen LogP contribution in [-0.2, 0) is 20.1 Å². The van der Waals surface area contributed by atoms with Crippen molar-refractivity contribution in [3.05, 3.63) is 75.8 Å². The number of likely N-dealkylation sites (N-methyl/N-ethyl adjacent to an activating group) is 1. The van der Waals surface area contributed by atoms with E-state index < -0.39 is 18.4 Å². The van der Waals surface area contributed by atoms with Gasteiger partial charge in [-0.25, -0.2) is 9.97 Å². The number of thiazole rings is 1. The number of carbonyl (C=O) groups excluding carboxylic acids is 2. The molecule has 15 heteroatoms. The van der Waals surface area contributed by atoms with Gasteiger partial charge in [-0.1, -0.05) is 47.6 Å². The molecule has 12 nitrogen and oxygen atoms in total. The number of carboxylic acids is 1. The number of hydrogen-bond donors (Lipinski definition) is 2. The number of anilines is 1. The number of carboxylic acid groups (broad SMARTS) is 1. The number of nitrogen functional groups attached to an aromatic ring is 1. The fraction of sp³-hybridized carbons (Fsp3) is 0.273. The van der Waals surface area contributed by atoms with Gasteiger partial charge in [0.05, 0.1) is 51.4 Å². The van der Waals surface area contributed by atoms with Crippen LogP contribution in [0.15, 0.2) is 58.9 Å². The second-order valence-corrected chi connectivity index (χ2v) is 13.2. The third kappa shape index (κ3) is 11.5. The lowest BCUT2D eigenvalue weighted by Crippen LogP contribution is -2.36. The number of nitrogens with zero attached hydrogens (tertiary/aromatic N) is 5. The number of aliphatic carboxylic acids is 1. The third-order valence-corrected chi connectivity index (χ3v) is 8.43. The Morgan fingerprint density at radius 1 is 1.02 bits per heavy atom. The number of nitriles is 2. The van der Waals surface area contributed by atoms with Gasteiger partial charge in [0, 0.05) is 27.3 Å². The first-order valence-electron chi connectivity index (χ1n) is 14.3. The molecule has 0 aliphatic heterocycles. The highest BCUT2D eigenvalue weighted by Crippen LogP contribution is 2.37. The Balaban J connectivity index is 0.000000804. The number of benzene rings is 2. The number of pyridine rings is 1. The maximum absolute atomic E-state index is 11.3. The van der Waals surface area contributed by atoms with E-state index in [1.165, 1.54) is 23.1 Å². The van der Waals surface area contributed by atoms with Crippen molar-refractivity contribution >= 4 is 52.5 Å². The van der Waals surface area contributed by atoms with Gasteiger partial charge >= 0.3 is 5.97 Å². The van der Waals surface area contributed by atoms with E-state index in [2.05, 4.69) is 43.2 Å². The molecule has 0 aliphatic carbocycles. The summed E-state index contributed by atoms with van der Waals surface area (Å²) in [6, 6.07) is 18.2. The molecule has 4 aromatic rings. The lowest BCUT2D eigenvalue weighted by Gasteiger charge is -2.21. The predicted molar refractivity (Wildman–Crippen MR) is 182 cm³/mol. The molecule has 0 amide bonds. The Morgan fingerprint density at radius 3 is 2.23 bits per heavy atom. The number of aliphatic hydroxyl groups is 1. The number of carbonyl (C=O) groups is 2. The van der Waals surface area contributed by atoms with E-state index in [1.54, 1.807) is 36.4 Å². The molecular weight excluding hydrogens is 676 g/mol. The van der Waals surface area contributed by atoms with Crippen molar-refractivity contribution in [1.82, 2.24) is 9.97 Å². The fourth-order valence-electron chi connectivity index (χ4n) is 3.93. The molecule has 2 aromatic carbocycles. The first-order valence-corrected chi connectivity index (χ1v) is 16.6. The van der Waals surface area contributed by atoms with Crippen molar-refractivity contribution in [2.75, 3.05) is 53.2 Å². The zero-order chi connectivity index (χ0) is 35.3. The molecule has 3 N–H and O–H groups in total. The van der Waals surface area contributed by atoms with Gasteiger partial charge in [-0.3, -0.25) is 4.79 Å². The van der Waals surface area contributed by atoms with Crippen molar-refractivity contribution in [2.45, 2.75) is 17.2 Å². The van der Waals surface area contributed by atoms with Crippen LogP contribution >= 0.6 is 34.7 Å². The maximum atomic E-state index is 11.3. The Labute approximate surface area is 291 Å². The van der Waals surface area contributed by atoms with E-state index in [-0.39, 0.29) is 36.8 Å². The zero-order valence-corrected chi connectivity index (χ0v) is 28.8. The number of esters is 1. The summed E-state index contributed by atoms with van der Waals surface area (Å²) in [5.41, 5.74) is 9.08. The molecule has 0 spiro atoms. The van der Waals surface area contributed by atoms with Crippen molar-refractivity contribution < 1.29 is 33.8 Å². The van der Waals surface area contributed by atoms with Gasteiger partial charge in [0.2, 0.25) is 0 Å². The molecular formula is C33H33ClN6O6S2. The van der Waals surface area contributed by atoms with E-state index in [1.807, 2.05) is 17.5 Å². The average molecular weight is 709 g/mol. The molecule has 48 heavy (non-hydrogen) atoms. The topological polar surface area (TPSA) is 195 Å². The number of quaternary nitrogens is 1. The molecule has 0 bridgehead atoms. The van der Waals surface area contributed by atoms with Crippen LogP contribution in [0.1, 0.15) is 23.2 Å². The average Bonchev–Trinajstić information content (AvgIpc) is 3.51. The minimum atomic E-state index is -1.52. The van der Waals surface area contributed by atoms with Gasteiger partial charge in [-0.2, -0.15) is 10.5 Å². The second-order valence-electron chi connectivity index (χ2n) is 11.0. The van der Waals surface area contributed by atoms with Crippen LogP contribution in [0.25, 0.3) is 21.7 Å². The van der Waals surface area contributed by atoms with E-state index >= 15 is 0 Å². The van der Waals surface area contributed by atoms with E-state index in [9.17, 15) is 25.2 Å². The summed E-state index contributed by atoms with van der Waals surface area (Å²) in [6.45, 7) is 0.959. The first-order chi connectivity index (χ1) is 22.8. The van der Waals surface area contributed by atoms with Crippen LogP contribution in [0.4, 0.5) is 5.82 Å². The second kappa shape index (κ2) is 18.0. The summed E-state index contributed by atoms with van der Waals surface area (Å²) in [5.74, 6) is -1.58. The summed E-state index contributed by atoms with van der Waals surface area (Å²) in [5, 5.41) is 42.4. The Bertz CT molecular complexity index is 1800. The predicted octanol–water partition coefficient (Wildman–Crippen LogP) is 3.89. The molecule has 2 aromatic heterocycles. The normalized spacial score (nSPS) is 10.6. The fourth-order valence-corrected chi connectivity index (χ4v) is 5.88. The quantitative estimate of drug-likeness (QED) is 0.0670. The molecule has 0 fully saturated rings. The summed E-state index contributed by atoms with van der Waals surface area (Å²) < 4.78 is 11.1. The van der Waals surface area contributed by atoms with Crippen LogP contribution in [0.5, 0.6) is 5.75 Å². The van der Waals surface area contributed by atoms with E-state index in [4.69, 9.17) is 31.9 Å². The standard InChI is InChI=1S/C28H20ClN5O5S2.C5H14NO/c29-18-5-1-17(2-6-18)27-33-19(14-40-27)15-41-28-22(13-31)25(21(12-30)26(32)34-28)16-3-7-20(8-4-16)38-9-10-39-24(37)11-23(35)36;1-6(2,3)4-5-7/h1-8,14H,9-11,15H2,(H2,32,34)(H,35,36);7H,4-5H2,1-3H3/q;+1/p-1. The third-order valence-electron chi connectivity index (χ3n) is 6.23. The molecule has 0 atom stereocenters. The Morgan fingerprint density at radius 2 is 1.67 bits per heavy atom. The molecule has 0 aliphatic rings. The van der Waals surface area contributed by atoms with Crippen molar-refractivity contribution in [3.8, 4) is 39.6 Å². The monoisotopic (exact) mass is 708 g/mol. The molecule has 4 rings (SSSR count). The zero-order valence-electron chi connectivity index (χ0n) is 26.4. The van der Waals surface area contributed by atoms with Crippen LogP contribution < -0.4 is 15.6 Å². The number of hydrogen-bond acceptors (Lipinski definition) is 13. The number of rotatable bonds is 13. The first kappa shape index (κ1) is 37.8. The number of nitrogens with two attached hydrogens (primary N) is 1. The van der Waals surface area contributed by atoms with Crippen LogP contribution in [0.2, 0.25) is 5.02 Å². The molecule has 0 saturated carbocycles. The van der Waals surface area contributed by atoms with Crippen LogP contribution in [0.3, 0.4) is 0 Å². The Hall–Kier alpha value is -4.70. The minimum absolute atomic E-state index is 0.00262. The largest absolute Gasteiger partial charge is 0.550 e. The highest BCUT2D eigenvalue weighted by atomic mass is 35.5.